The zero-order chi connectivity index (χ0) is 21.8. The molecular formula is C24H27N5O2. The Balaban J connectivity index is 1.32. The van der Waals surface area contributed by atoms with Crippen molar-refractivity contribution < 1.29 is 9.59 Å². The van der Waals surface area contributed by atoms with Gasteiger partial charge in [0.25, 0.3) is 5.91 Å². The van der Waals surface area contributed by atoms with Crippen LogP contribution in [-0.4, -0.2) is 46.9 Å². The number of nitriles is 1. The van der Waals surface area contributed by atoms with Crippen molar-refractivity contribution in [1.29, 1.82) is 5.26 Å². The van der Waals surface area contributed by atoms with Gasteiger partial charge in [0, 0.05) is 19.1 Å². The summed E-state index contributed by atoms with van der Waals surface area (Å²) in [6.45, 7) is 2.58. The molecule has 7 nitrogen and oxygen atoms in total. The molecular weight excluding hydrogens is 390 g/mol. The molecule has 2 aliphatic heterocycles. The van der Waals surface area contributed by atoms with Crippen LogP contribution in [0.3, 0.4) is 0 Å². The highest BCUT2D eigenvalue weighted by molar-refractivity contribution is 6.07. The SMILES string of the molecule is N#Cc1ccc(CN2C(=O)NC3(CCN(CC[C@H](N)c4ccccc4)CC3)C2=O)cc1. The number of amides is 3. The van der Waals surface area contributed by atoms with E-state index in [1.165, 1.54) is 4.90 Å². The van der Waals surface area contributed by atoms with Crippen molar-refractivity contribution in [2.24, 2.45) is 5.73 Å². The summed E-state index contributed by atoms with van der Waals surface area (Å²) in [7, 11) is 0. The molecule has 2 heterocycles. The number of carbonyl (C=O) groups is 2. The van der Waals surface area contributed by atoms with Gasteiger partial charge >= 0.3 is 6.03 Å². The van der Waals surface area contributed by atoms with Crippen LogP contribution >= 0.6 is 0 Å². The van der Waals surface area contributed by atoms with Crippen molar-refractivity contribution >= 4 is 11.9 Å². The summed E-state index contributed by atoms with van der Waals surface area (Å²) in [5.41, 5.74) is 8.02. The number of nitrogens with zero attached hydrogens (tertiary/aromatic N) is 3. The molecule has 2 fully saturated rings. The van der Waals surface area contributed by atoms with Crippen molar-refractivity contribution in [3.8, 4) is 6.07 Å². The first-order chi connectivity index (χ1) is 15.0. The molecule has 31 heavy (non-hydrogen) atoms. The highest BCUT2D eigenvalue weighted by Gasteiger charge is 2.52. The fourth-order valence-corrected chi connectivity index (χ4v) is 4.37. The molecule has 2 saturated heterocycles. The number of urea groups is 1. The summed E-state index contributed by atoms with van der Waals surface area (Å²) in [6, 6.07) is 18.8. The van der Waals surface area contributed by atoms with E-state index in [4.69, 9.17) is 11.0 Å². The molecule has 2 aromatic rings. The molecule has 0 unspecified atom stereocenters. The Labute approximate surface area is 182 Å². The van der Waals surface area contributed by atoms with E-state index in [-0.39, 0.29) is 24.5 Å². The molecule has 1 spiro atoms. The molecule has 2 aliphatic rings. The molecule has 1 atom stereocenters. The summed E-state index contributed by atoms with van der Waals surface area (Å²) in [6.07, 6.45) is 2.05. The second-order valence-electron chi connectivity index (χ2n) is 8.36. The maximum absolute atomic E-state index is 13.1. The first-order valence-electron chi connectivity index (χ1n) is 10.7. The van der Waals surface area contributed by atoms with Gasteiger partial charge in [-0.15, -0.1) is 0 Å². The highest BCUT2D eigenvalue weighted by Crippen LogP contribution is 2.31. The smallest absolute Gasteiger partial charge is 0.324 e. The molecule has 160 valence electrons. The third kappa shape index (κ3) is 4.46. The number of nitrogens with one attached hydrogen (secondary N) is 1. The van der Waals surface area contributed by atoms with E-state index >= 15 is 0 Å². The molecule has 0 aromatic heterocycles. The third-order valence-corrected chi connectivity index (χ3v) is 6.36. The first kappa shape index (κ1) is 21.0. The summed E-state index contributed by atoms with van der Waals surface area (Å²) in [4.78, 5) is 29.3. The molecule has 0 saturated carbocycles. The molecule has 7 heteroatoms. The zero-order valence-corrected chi connectivity index (χ0v) is 17.5. The average Bonchev–Trinajstić information content (AvgIpc) is 3.03. The van der Waals surface area contributed by atoms with Gasteiger partial charge in [-0.05, 0) is 49.1 Å². The zero-order valence-electron chi connectivity index (χ0n) is 17.5. The van der Waals surface area contributed by atoms with Crippen LogP contribution in [-0.2, 0) is 11.3 Å². The lowest BCUT2D eigenvalue weighted by Gasteiger charge is -2.37. The summed E-state index contributed by atoms with van der Waals surface area (Å²) in [5.74, 6) is -0.150. The number of imide groups is 1. The highest BCUT2D eigenvalue weighted by atomic mass is 16.2. The van der Waals surface area contributed by atoms with Gasteiger partial charge < -0.3 is 16.0 Å². The summed E-state index contributed by atoms with van der Waals surface area (Å²) >= 11 is 0. The van der Waals surface area contributed by atoms with E-state index in [1.54, 1.807) is 24.3 Å². The van der Waals surface area contributed by atoms with Crippen molar-refractivity contribution in [2.45, 2.75) is 37.4 Å². The van der Waals surface area contributed by atoms with Crippen molar-refractivity contribution in [3.05, 3.63) is 71.3 Å². The van der Waals surface area contributed by atoms with Gasteiger partial charge in [-0.2, -0.15) is 5.26 Å². The van der Waals surface area contributed by atoms with Gasteiger partial charge in [-0.25, -0.2) is 4.79 Å². The normalized spacial score (nSPS) is 19.3. The Hall–Kier alpha value is -3.21. The van der Waals surface area contributed by atoms with Crippen LogP contribution < -0.4 is 11.1 Å². The summed E-state index contributed by atoms with van der Waals surface area (Å²) in [5, 5.41) is 11.9. The number of carbonyl (C=O) groups excluding carboxylic acids is 2. The molecule has 3 amide bonds. The predicted octanol–water partition coefficient (Wildman–Crippen LogP) is 2.53. The van der Waals surface area contributed by atoms with E-state index < -0.39 is 5.54 Å². The van der Waals surface area contributed by atoms with E-state index in [1.807, 2.05) is 30.3 Å². The van der Waals surface area contributed by atoms with E-state index in [9.17, 15) is 9.59 Å². The maximum atomic E-state index is 13.1. The van der Waals surface area contributed by atoms with Gasteiger partial charge in [0.05, 0.1) is 18.2 Å². The topological polar surface area (TPSA) is 102 Å². The number of likely N-dealkylation sites (tertiary alicyclic amines) is 1. The minimum Gasteiger partial charge on any atom is -0.324 e. The van der Waals surface area contributed by atoms with Gasteiger partial charge in [0.2, 0.25) is 0 Å². The fourth-order valence-electron chi connectivity index (χ4n) is 4.37. The van der Waals surface area contributed by atoms with Gasteiger partial charge in [0.1, 0.15) is 5.54 Å². The maximum Gasteiger partial charge on any atom is 0.325 e. The van der Waals surface area contributed by atoms with Crippen LogP contribution in [0, 0.1) is 11.3 Å². The number of rotatable bonds is 6. The van der Waals surface area contributed by atoms with Crippen LogP contribution in [0.1, 0.15) is 42.0 Å². The molecule has 3 N–H and O–H groups in total. The lowest BCUT2D eigenvalue weighted by Crippen LogP contribution is -2.55. The standard InChI is InChI=1S/C24H27N5O2/c25-16-18-6-8-19(9-7-18)17-29-22(30)24(27-23(29)31)11-14-28(15-12-24)13-10-21(26)20-4-2-1-3-5-20/h1-9,21H,10-15,17,26H2,(H,27,31)/t21-/m0/s1. The Kier molecular flexibility index (Phi) is 6.03. The average molecular weight is 418 g/mol. The number of nitrogens with two attached hydrogens (primary N) is 1. The number of hydrogen-bond acceptors (Lipinski definition) is 5. The Morgan fingerprint density at radius 2 is 1.74 bits per heavy atom. The van der Waals surface area contributed by atoms with Gasteiger partial charge in [-0.3, -0.25) is 9.69 Å². The monoisotopic (exact) mass is 417 g/mol. The lowest BCUT2D eigenvalue weighted by molar-refractivity contribution is -0.133. The lowest BCUT2D eigenvalue weighted by atomic mass is 9.87. The largest absolute Gasteiger partial charge is 0.325 e. The third-order valence-electron chi connectivity index (χ3n) is 6.36. The second kappa shape index (κ2) is 8.88. The Morgan fingerprint density at radius 3 is 2.39 bits per heavy atom. The number of benzene rings is 2. The van der Waals surface area contributed by atoms with Crippen molar-refractivity contribution in [2.75, 3.05) is 19.6 Å². The van der Waals surface area contributed by atoms with Crippen LogP contribution in [0.25, 0.3) is 0 Å². The van der Waals surface area contributed by atoms with Crippen LogP contribution in [0.5, 0.6) is 0 Å². The molecule has 0 radical (unpaired) electrons. The number of hydrogen-bond donors (Lipinski definition) is 2. The fraction of sp³-hybridized carbons (Fsp3) is 0.375. The van der Waals surface area contributed by atoms with Gasteiger partial charge in [-0.1, -0.05) is 42.5 Å². The van der Waals surface area contributed by atoms with Crippen LogP contribution in [0.4, 0.5) is 4.79 Å². The Morgan fingerprint density at radius 1 is 1.06 bits per heavy atom. The van der Waals surface area contributed by atoms with E-state index in [0.717, 1.165) is 37.2 Å². The summed E-state index contributed by atoms with van der Waals surface area (Å²) < 4.78 is 0. The molecule has 4 rings (SSSR count). The van der Waals surface area contributed by atoms with Crippen molar-refractivity contribution in [3.63, 3.8) is 0 Å². The van der Waals surface area contributed by atoms with Crippen LogP contribution in [0.15, 0.2) is 54.6 Å². The molecule has 2 aromatic carbocycles. The minimum atomic E-state index is -0.804. The quantitative estimate of drug-likeness (QED) is 0.703. The van der Waals surface area contributed by atoms with Gasteiger partial charge in [0.15, 0.2) is 0 Å². The molecule has 0 aliphatic carbocycles. The second-order valence-corrected chi connectivity index (χ2v) is 8.36. The number of piperidine rings is 1. The van der Waals surface area contributed by atoms with Crippen LogP contribution in [0.2, 0.25) is 0 Å². The van der Waals surface area contributed by atoms with E-state index in [2.05, 4.69) is 16.3 Å². The molecule has 0 bridgehead atoms. The Bertz CT molecular complexity index is 975. The van der Waals surface area contributed by atoms with E-state index in [0.29, 0.717) is 18.4 Å². The minimum absolute atomic E-state index is 0.00665. The van der Waals surface area contributed by atoms with Crippen molar-refractivity contribution in [1.82, 2.24) is 15.1 Å². The first-order valence-corrected chi connectivity index (χ1v) is 10.7. The predicted molar refractivity (Wildman–Crippen MR) is 117 cm³/mol.